The van der Waals surface area contributed by atoms with Crippen molar-refractivity contribution in [3.05, 3.63) is 60.2 Å². The van der Waals surface area contributed by atoms with Gasteiger partial charge in [0.2, 0.25) is 5.91 Å². The highest BCUT2D eigenvalue weighted by atomic mass is 16.2. The molecule has 0 saturated heterocycles. The van der Waals surface area contributed by atoms with Gasteiger partial charge >= 0.3 is 0 Å². The van der Waals surface area contributed by atoms with E-state index in [0.717, 1.165) is 10.5 Å². The fourth-order valence-corrected chi connectivity index (χ4v) is 2.96. The maximum Gasteiger partial charge on any atom is 0.279 e. The molecule has 2 aromatic rings. The highest BCUT2D eigenvalue weighted by Gasteiger charge is 2.25. The second-order valence-corrected chi connectivity index (χ2v) is 6.92. The number of hydrogen-bond donors (Lipinski definition) is 4. The van der Waals surface area contributed by atoms with Crippen LogP contribution in [0.1, 0.15) is 26.3 Å². The number of carbonyl (C=O) groups is 3. The van der Waals surface area contributed by atoms with Crippen LogP contribution in [0.3, 0.4) is 0 Å². The lowest BCUT2D eigenvalue weighted by molar-refractivity contribution is -0.904. The Labute approximate surface area is 171 Å². The molecular weight excluding hydrogens is 368 g/mol. The third kappa shape index (κ3) is 7.38. The second kappa shape index (κ2) is 11.0. The number of nitrogens with one attached hydrogen (secondary N) is 4. The van der Waals surface area contributed by atoms with Crippen molar-refractivity contribution < 1.29 is 19.3 Å². The number of hydrogen-bond acceptors (Lipinski definition) is 3. The van der Waals surface area contributed by atoms with Gasteiger partial charge in [-0.1, -0.05) is 30.3 Å². The molecule has 0 radical (unpaired) electrons. The van der Waals surface area contributed by atoms with Gasteiger partial charge in [0.15, 0.2) is 12.6 Å². The second-order valence-electron chi connectivity index (χ2n) is 6.92. The zero-order valence-corrected chi connectivity index (χ0v) is 17.1. The fourth-order valence-electron chi connectivity index (χ4n) is 2.96. The van der Waals surface area contributed by atoms with Gasteiger partial charge in [-0.05, 0) is 43.7 Å². The van der Waals surface area contributed by atoms with Crippen LogP contribution >= 0.6 is 0 Å². The average molecular weight is 397 g/mol. The highest BCUT2D eigenvalue weighted by Crippen LogP contribution is 2.13. The van der Waals surface area contributed by atoms with Gasteiger partial charge in [0.25, 0.3) is 11.8 Å². The molecule has 0 aliphatic rings. The van der Waals surface area contributed by atoms with Crippen molar-refractivity contribution >= 4 is 29.1 Å². The summed E-state index contributed by atoms with van der Waals surface area (Å²) in [7, 11) is 0. The number of likely N-dealkylation sites (N-methyl/N-ethyl adjacent to an activating group) is 1. The zero-order valence-electron chi connectivity index (χ0n) is 17.1. The zero-order chi connectivity index (χ0) is 21.2. The minimum atomic E-state index is -0.350. The first-order valence-electron chi connectivity index (χ1n) is 9.72. The summed E-state index contributed by atoms with van der Waals surface area (Å²) in [5.41, 5.74) is 2.34. The molecular formula is C22H29N4O3+. The summed E-state index contributed by atoms with van der Waals surface area (Å²) < 4.78 is 0. The van der Waals surface area contributed by atoms with E-state index in [1.54, 1.807) is 24.3 Å². The van der Waals surface area contributed by atoms with Gasteiger partial charge < -0.3 is 20.9 Å². The molecule has 0 saturated carbocycles. The van der Waals surface area contributed by atoms with Gasteiger partial charge in [0.05, 0.1) is 6.54 Å². The lowest BCUT2D eigenvalue weighted by Crippen LogP contribution is -3.17. The summed E-state index contributed by atoms with van der Waals surface area (Å²) >= 11 is 0. The molecule has 0 aliphatic heterocycles. The molecule has 0 bridgehead atoms. The van der Waals surface area contributed by atoms with Crippen LogP contribution in [0, 0.1) is 0 Å². The molecule has 0 spiro atoms. The number of carbonyl (C=O) groups excluding carboxylic acids is 3. The van der Waals surface area contributed by atoms with Crippen molar-refractivity contribution in [1.82, 2.24) is 5.32 Å². The summed E-state index contributed by atoms with van der Waals surface area (Å²) in [4.78, 5) is 36.8. The third-order valence-corrected chi connectivity index (χ3v) is 4.65. The van der Waals surface area contributed by atoms with Crippen molar-refractivity contribution in [1.29, 1.82) is 0 Å². The molecule has 1 unspecified atom stereocenters. The summed E-state index contributed by atoms with van der Waals surface area (Å²) in [5.74, 6) is -0.404. The van der Waals surface area contributed by atoms with Gasteiger partial charge in [-0.15, -0.1) is 0 Å². The van der Waals surface area contributed by atoms with E-state index >= 15 is 0 Å². The Balaban J connectivity index is 1.86. The predicted octanol–water partition coefficient (Wildman–Crippen LogP) is 1.19. The maximum atomic E-state index is 12.5. The van der Waals surface area contributed by atoms with Crippen LogP contribution in [0.2, 0.25) is 0 Å². The molecule has 7 heteroatoms. The van der Waals surface area contributed by atoms with E-state index < -0.39 is 0 Å². The first-order chi connectivity index (χ1) is 13.9. The summed E-state index contributed by atoms with van der Waals surface area (Å²) in [6.45, 7) is 6.52. The Morgan fingerprint density at radius 2 is 1.52 bits per heavy atom. The van der Waals surface area contributed by atoms with Crippen LogP contribution in [0.25, 0.3) is 0 Å². The standard InChI is InChI=1S/C22H28N4O3/c1-4-26(16(2)22(29)23-14-18-8-6-5-7-9-18)15-21(28)25-20-12-10-19(11-13-20)24-17(3)27/h5-13,16H,4,14-15H2,1-3H3,(H,23,29)(H,24,27)(H,25,28)/p+1/t16-/m0/s1. The summed E-state index contributed by atoms with van der Waals surface area (Å²) in [6, 6.07) is 16.3. The quantitative estimate of drug-likeness (QED) is 0.512. The van der Waals surface area contributed by atoms with Gasteiger partial charge in [-0.3, -0.25) is 14.4 Å². The monoisotopic (exact) mass is 397 g/mol. The SMILES string of the molecule is CC[NH+](CC(=O)Nc1ccc(NC(C)=O)cc1)[C@@H](C)C(=O)NCc1ccccc1. The minimum absolute atomic E-state index is 0.0850. The minimum Gasteiger partial charge on any atom is -0.347 e. The smallest absolute Gasteiger partial charge is 0.279 e. The van der Waals surface area contributed by atoms with E-state index in [-0.39, 0.29) is 30.3 Å². The molecule has 0 aromatic heterocycles. The van der Waals surface area contributed by atoms with Crippen molar-refractivity contribution in [2.75, 3.05) is 23.7 Å². The molecule has 0 aliphatic carbocycles. The van der Waals surface area contributed by atoms with Crippen LogP contribution in [-0.4, -0.2) is 36.9 Å². The highest BCUT2D eigenvalue weighted by molar-refractivity contribution is 5.93. The molecule has 29 heavy (non-hydrogen) atoms. The van der Waals surface area contributed by atoms with E-state index in [1.807, 2.05) is 44.2 Å². The number of amides is 3. The van der Waals surface area contributed by atoms with Crippen molar-refractivity contribution in [2.45, 2.75) is 33.4 Å². The molecule has 3 amide bonds. The van der Waals surface area contributed by atoms with E-state index in [1.165, 1.54) is 6.92 Å². The molecule has 0 heterocycles. The summed E-state index contributed by atoms with van der Waals surface area (Å²) in [5, 5.41) is 8.44. The van der Waals surface area contributed by atoms with Crippen LogP contribution in [0.5, 0.6) is 0 Å². The van der Waals surface area contributed by atoms with Crippen LogP contribution in [-0.2, 0) is 20.9 Å². The van der Waals surface area contributed by atoms with E-state index in [9.17, 15) is 14.4 Å². The lowest BCUT2D eigenvalue weighted by atomic mass is 10.2. The Kier molecular flexibility index (Phi) is 8.36. The van der Waals surface area contributed by atoms with Gasteiger partial charge in [0, 0.05) is 24.8 Å². The molecule has 7 nitrogen and oxygen atoms in total. The van der Waals surface area contributed by atoms with E-state index in [2.05, 4.69) is 16.0 Å². The average Bonchev–Trinajstić information content (AvgIpc) is 2.71. The summed E-state index contributed by atoms with van der Waals surface area (Å²) in [6.07, 6.45) is 0. The molecule has 0 fully saturated rings. The number of rotatable bonds is 9. The largest absolute Gasteiger partial charge is 0.347 e. The normalized spacial score (nSPS) is 12.5. The Hall–Kier alpha value is -3.19. The van der Waals surface area contributed by atoms with Gasteiger partial charge in [-0.2, -0.15) is 0 Å². The van der Waals surface area contributed by atoms with Gasteiger partial charge in [-0.25, -0.2) is 0 Å². The van der Waals surface area contributed by atoms with Crippen molar-refractivity contribution in [2.24, 2.45) is 0 Å². The van der Waals surface area contributed by atoms with Crippen molar-refractivity contribution in [3.63, 3.8) is 0 Å². The van der Waals surface area contributed by atoms with E-state index in [4.69, 9.17) is 0 Å². The fraction of sp³-hybridized carbons (Fsp3) is 0.318. The van der Waals surface area contributed by atoms with Crippen LogP contribution in [0.15, 0.2) is 54.6 Å². The molecule has 2 rings (SSSR count). The molecule has 154 valence electrons. The van der Waals surface area contributed by atoms with E-state index in [0.29, 0.717) is 24.5 Å². The molecule has 2 aromatic carbocycles. The lowest BCUT2D eigenvalue weighted by Gasteiger charge is -2.23. The third-order valence-electron chi connectivity index (χ3n) is 4.65. The number of quaternary nitrogens is 1. The molecule has 2 atom stereocenters. The first-order valence-corrected chi connectivity index (χ1v) is 9.72. The topological polar surface area (TPSA) is 91.7 Å². The Morgan fingerprint density at radius 1 is 0.931 bits per heavy atom. The van der Waals surface area contributed by atoms with Crippen molar-refractivity contribution in [3.8, 4) is 0 Å². The maximum absolute atomic E-state index is 12.5. The Bertz CT molecular complexity index is 822. The van der Waals surface area contributed by atoms with Crippen LogP contribution in [0.4, 0.5) is 11.4 Å². The first kappa shape index (κ1) is 22.1. The van der Waals surface area contributed by atoms with Gasteiger partial charge in [0.1, 0.15) is 0 Å². The predicted molar refractivity (Wildman–Crippen MR) is 113 cm³/mol. The molecule has 4 N–H and O–H groups in total. The van der Waals surface area contributed by atoms with Crippen LogP contribution < -0.4 is 20.9 Å². The Morgan fingerprint density at radius 3 is 2.07 bits per heavy atom. The number of benzene rings is 2. The number of anilines is 2.